The number of halogens is 1. The van der Waals surface area contributed by atoms with Crippen LogP contribution in [0.4, 0.5) is 4.39 Å². The molecule has 0 saturated heterocycles. The number of benzene rings is 1. The van der Waals surface area contributed by atoms with E-state index in [0.29, 0.717) is 22.1 Å². The largest absolute Gasteiger partial charge is 0.463 e. The van der Waals surface area contributed by atoms with Crippen molar-refractivity contribution in [3.05, 3.63) is 58.0 Å². The van der Waals surface area contributed by atoms with Gasteiger partial charge >= 0.3 is 5.97 Å². The summed E-state index contributed by atoms with van der Waals surface area (Å²) in [5.41, 5.74) is 1.75. The predicted octanol–water partition coefficient (Wildman–Crippen LogP) is 3.88. The summed E-state index contributed by atoms with van der Waals surface area (Å²) in [6.45, 7) is 7.41. The third kappa shape index (κ3) is 4.37. The highest BCUT2D eigenvalue weighted by Crippen LogP contribution is 2.45. The van der Waals surface area contributed by atoms with Gasteiger partial charge in [-0.1, -0.05) is 30.0 Å². The molecule has 1 atom stereocenters. The third-order valence-electron chi connectivity index (χ3n) is 4.49. The lowest BCUT2D eigenvalue weighted by Gasteiger charge is -2.36. The number of amides is 1. The number of carbonyl (C=O) groups is 2. The Morgan fingerprint density at radius 2 is 2.07 bits per heavy atom. The van der Waals surface area contributed by atoms with Crippen molar-refractivity contribution in [1.82, 2.24) is 10.2 Å². The van der Waals surface area contributed by atoms with E-state index < -0.39 is 17.8 Å². The lowest BCUT2D eigenvalue weighted by atomic mass is 9.93. The van der Waals surface area contributed by atoms with Crippen LogP contribution in [0.5, 0.6) is 0 Å². The molecule has 2 aliphatic heterocycles. The van der Waals surface area contributed by atoms with Gasteiger partial charge < -0.3 is 15.0 Å². The zero-order valence-corrected chi connectivity index (χ0v) is 17.7. The maximum Gasteiger partial charge on any atom is 0.338 e. The van der Waals surface area contributed by atoms with E-state index >= 15 is 0 Å². The molecule has 3 rings (SSSR count). The van der Waals surface area contributed by atoms with Crippen LogP contribution < -0.4 is 5.32 Å². The SMILES string of the molecule is CCOC(=O)C1=C(C)N=C2SC=C(CC(=O)NC(C)C)N2[C@H]1c1ccccc1F. The molecule has 0 aliphatic carbocycles. The number of amidine groups is 1. The second kappa shape index (κ2) is 8.82. The summed E-state index contributed by atoms with van der Waals surface area (Å²) in [5, 5.41) is 5.30. The minimum Gasteiger partial charge on any atom is -0.463 e. The Morgan fingerprint density at radius 3 is 2.72 bits per heavy atom. The van der Waals surface area contributed by atoms with Crippen molar-refractivity contribution in [3.8, 4) is 0 Å². The summed E-state index contributed by atoms with van der Waals surface area (Å²) in [6, 6.07) is 5.58. The van der Waals surface area contributed by atoms with Gasteiger partial charge in [0.25, 0.3) is 0 Å². The zero-order valence-electron chi connectivity index (χ0n) is 16.9. The number of nitrogens with one attached hydrogen (secondary N) is 1. The molecule has 154 valence electrons. The van der Waals surface area contributed by atoms with Gasteiger partial charge in [0, 0.05) is 17.3 Å². The molecule has 0 bridgehead atoms. The first-order valence-corrected chi connectivity index (χ1v) is 10.4. The fourth-order valence-electron chi connectivity index (χ4n) is 3.37. The van der Waals surface area contributed by atoms with Gasteiger partial charge in [-0.3, -0.25) is 4.79 Å². The van der Waals surface area contributed by atoms with Crippen LogP contribution in [-0.2, 0) is 14.3 Å². The topological polar surface area (TPSA) is 71.0 Å². The maximum atomic E-state index is 14.8. The third-order valence-corrected chi connectivity index (χ3v) is 5.38. The summed E-state index contributed by atoms with van der Waals surface area (Å²) in [7, 11) is 0. The van der Waals surface area contributed by atoms with Crippen LogP contribution in [0.3, 0.4) is 0 Å². The Kier molecular flexibility index (Phi) is 6.42. The van der Waals surface area contributed by atoms with Gasteiger partial charge in [-0.25, -0.2) is 14.2 Å². The first-order chi connectivity index (χ1) is 13.8. The molecule has 0 spiro atoms. The van der Waals surface area contributed by atoms with E-state index in [9.17, 15) is 14.0 Å². The molecule has 29 heavy (non-hydrogen) atoms. The molecule has 0 radical (unpaired) electrons. The normalized spacial score (nSPS) is 18.4. The van der Waals surface area contributed by atoms with Crippen molar-refractivity contribution < 1.29 is 18.7 Å². The summed E-state index contributed by atoms with van der Waals surface area (Å²) >= 11 is 1.36. The number of hydrogen-bond donors (Lipinski definition) is 1. The quantitative estimate of drug-likeness (QED) is 0.712. The number of allylic oxidation sites excluding steroid dienone is 1. The van der Waals surface area contributed by atoms with Gasteiger partial charge in [-0.2, -0.15) is 0 Å². The van der Waals surface area contributed by atoms with E-state index in [4.69, 9.17) is 4.74 Å². The molecule has 2 aliphatic rings. The first-order valence-electron chi connectivity index (χ1n) is 9.48. The van der Waals surface area contributed by atoms with Crippen molar-refractivity contribution in [1.29, 1.82) is 0 Å². The van der Waals surface area contributed by atoms with E-state index in [0.717, 1.165) is 0 Å². The van der Waals surface area contributed by atoms with E-state index in [1.807, 2.05) is 19.3 Å². The lowest BCUT2D eigenvalue weighted by molar-refractivity contribution is -0.139. The number of thioether (sulfide) groups is 1. The van der Waals surface area contributed by atoms with Crippen LogP contribution in [-0.4, -0.2) is 34.6 Å². The molecule has 0 unspecified atom stereocenters. The molecule has 2 heterocycles. The number of hydrogen-bond acceptors (Lipinski definition) is 6. The summed E-state index contributed by atoms with van der Waals surface area (Å²) < 4.78 is 20.0. The fourth-order valence-corrected chi connectivity index (χ4v) is 4.33. The van der Waals surface area contributed by atoms with Crippen LogP contribution >= 0.6 is 11.8 Å². The van der Waals surface area contributed by atoms with Crippen LogP contribution in [0.25, 0.3) is 0 Å². The van der Waals surface area contributed by atoms with Crippen LogP contribution in [0.1, 0.15) is 45.7 Å². The van der Waals surface area contributed by atoms with Gasteiger partial charge in [0.05, 0.1) is 30.3 Å². The maximum absolute atomic E-state index is 14.8. The van der Waals surface area contributed by atoms with E-state index in [-0.39, 0.29) is 30.5 Å². The summed E-state index contributed by atoms with van der Waals surface area (Å²) in [6.07, 6.45) is 0.101. The highest BCUT2D eigenvalue weighted by molar-refractivity contribution is 8.16. The van der Waals surface area contributed by atoms with Crippen molar-refractivity contribution in [2.45, 2.75) is 46.2 Å². The van der Waals surface area contributed by atoms with Crippen molar-refractivity contribution >= 4 is 28.8 Å². The molecule has 1 N–H and O–H groups in total. The molecule has 8 heteroatoms. The Labute approximate surface area is 173 Å². The number of carbonyl (C=O) groups excluding carboxylic acids is 2. The Hall–Kier alpha value is -2.61. The lowest BCUT2D eigenvalue weighted by Crippen LogP contribution is -2.39. The molecule has 1 aromatic rings. The van der Waals surface area contributed by atoms with Crippen molar-refractivity contribution in [3.63, 3.8) is 0 Å². The Bertz CT molecular complexity index is 924. The van der Waals surface area contributed by atoms with Gasteiger partial charge in [0.2, 0.25) is 5.91 Å². The smallest absolute Gasteiger partial charge is 0.338 e. The Morgan fingerprint density at radius 1 is 1.34 bits per heavy atom. The number of esters is 1. The number of nitrogens with zero attached hydrogens (tertiary/aromatic N) is 2. The molecular formula is C21H24FN3O3S. The van der Waals surface area contributed by atoms with Gasteiger partial charge in [-0.05, 0) is 39.2 Å². The summed E-state index contributed by atoms with van der Waals surface area (Å²) in [4.78, 5) is 31.4. The fraction of sp³-hybridized carbons (Fsp3) is 0.381. The van der Waals surface area contributed by atoms with Gasteiger partial charge in [0.1, 0.15) is 5.82 Å². The molecule has 0 aromatic heterocycles. The predicted molar refractivity (Wildman–Crippen MR) is 111 cm³/mol. The minimum atomic E-state index is -0.754. The second-order valence-electron chi connectivity index (χ2n) is 7.03. The molecule has 6 nitrogen and oxygen atoms in total. The highest BCUT2D eigenvalue weighted by Gasteiger charge is 2.42. The average Bonchev–Trinajstić information content (AvgIpc) is 3.02. The average molecular weight is 418 g/mol. The molecule has 1 amide bonds. The van der Waals surface area contributed by atoms with E-state index in [1.54, 1.807) is 36.9 Å². The standard InChI is InChI=1S/C21H24FN3O3S/c1-5-28-20(27)18-13(4)24-21-25(19(18)15-8-6-7-9-16(15)22)14(11-29-21)10-17(26)23-12(2)3/h6-9,11-12,19H,5,10H2,1-4H3,(H,23,26)/t19-/m0/s1. The van der Waals surface area contributed by atoms with E-state index in [1.165, 1.54) is 17.8 Å². The number of aliphatic imine (C=N–C) groups is 1. The highest BCUT2D eigenvalue weighted by atomic mass is 32.2. The minimum absolute atomic E-state index is 0.00578. The molecular weight excluding hydrogens is 393 g/mol. The number of rotatable bonds is 6. The Balaban J connectivity index is 2.05. The van der Waals surface area contributed by atoms with Gasteiger partial charge in [-0.15, -0.1) is 0 Å². The van der Waals surface area contributed by atoms with Crippen molar-refractivity contribution in [2.24, 2.45) is 4.99 Å². The number of ether oxygens (including phenoxy) is 1. The van der Waals surface area contributed by atoms with Gasteiger partial charge in [0.15, 0.2) is 5.17 Å². The molecule has 0 fully saturated rings. The van der Waals surface area contributed by atoms with E-state index in [2.05, 4.69) is 10.3 Å². The molecule has 1 aromatic carbocycles. The summed E-state index contributed by atoms with van der Waals surface area (Å²) in [5.74, 6) is -1.12. The first kappa shape index (κ1) is 21.1. The molecule has 0 saturated carbocycles. The van der Waals surface area contributed by atoms with Crippen LogP contribution in [0.2, 0.25) is 0 Å². The second-order valence-corrected chi connectivity index (χ2v) is 7.87. The zero-order chi connectivity index (χ0) is 21.1. The van der Waals surface area contributed by atoms with Crippen LogP contribution in [0, 0.1) is 5.82 Å². The van der Waals surface area contributed by atoms with Crippen LogP contribution in [0.15, 0.2) is 51.6 Å². The van der Waals surface area contributed by atoms with Crippen molar-refractivity contribution in [2.75, 3.05) is 6.61 Å². The monoisotopic (exact) mass is 417 g/mol. The number of fused-ring (bicyclic) bond motifs is 1.